The van der Waals surface area contributed by atoms with Crippen molar-refractivity contribution in [2.45, 2.75) is 19.4 Å². The summed E-state index contributed by atoms with van der Waals surface area (Å²) in [5.41, 5.74) is 3.16. The predicted octanol–water partition coefficient (Wildman–Crippen LogP) is 5.30. The number of hydrogen-bond acceptors (Lipinski definition) is 3. The van der Waals surface area contributed by atoms with Crippen molar-refractivity contribution in [3.05, 3.63) is 72.9 Å². The van der Waals surface area contributed by atoms with Crippen LogP contribution in [-0.4, -0.2) is 36.0 Å². The fourth-order valence-electron chi connectivity index (χ4n) is 3.68. The normalized spacial score (nSPS) is 12.1. The van der Waals surface area contributed by atoms with Gasteiger partial charge in [-0.15, -0.1) is 0 Å². The average Bonchev–Trinajstić information content (AvgIpc) is 2.76. The zero-order valence-corrected chi connectivity index (χ0v) is 16.9. The Labute approximate surface area is 170 Å². The highest BCUT2D eigenvalue weighted by atomic mass is 16.5. The van der Waals surface area contributed by atoms with Gasteiger partial charge < -0.3 is 9.64 Å². The second-order valence-electron chi connectivity index (χ2n) is 7.28. The van der Waals surface area contributed by atoms with Crippen LogP contribution in [-0.2, 0) is 4.79 Å². The third-order valence-electron chi connectivity index (χ3n) is 5.16. The first-order valence-corrected chi connectivity index (χ1v) is 9.84. The molecule has 3 aromatic carbocycles. The van der Waals surface area contributed by atoms with E-state index in [4.69, 9.17) is 4.74 Å². The number of carbonyl (C=O) groups is 1. The summed E-state index contributed by atoms with van der Waals surface area (Å²) in [6.45, 7) is 1.96. The van der Waals surface area contributed by atoms with Gasteiger partial charge in [-0.1, -0.05) is 55.5 Å². The molecule has 0 radical (unpaired) electrons. The van der Waals surface area contributed by atoms with Crippen molar-refractivity contribution in [1.82, 2.24) is 9.88 Å². The molecule has 0 aliphatic rings. The summed E-state index contributed by atoms with van der Waals surface area (Å²) in [5.74, 6) is 0.693. The smallest absolute Gasteiger partial charge is 0.263 e. The molecule has 29 heavy (non-hydrogen) atoms. The average molecular weight is 384 g/mol. The Kier molecular flexibility index (Phi) is 5.17. The zero-order chi connectivity index (χ0) is 20.4. The molecule has 146 valence electrons. The Morgan fingerprint density at radius 3 is 2.45 bits per heavy atom. The molecule has 4 aromatic rings. The molecule has 1 amide bonds. The molecule has 1 atom stereocenters. The van der Waals surface area contributed by atoms with E-state index in [1.165, 1.54) is 0 Å². The molecule has 1 unspecified atom stereocenters. The lowest BCUT2D eigenvalue weighted by Crippen LogP contribution is -2.37. The van der Waals surface area contributed by atoms with Gasteiger partial charge >= 0.3 is 0 Å². The van der Waals surface area contributed by atoms with Gasteiger partial charge in [0.15, 0.2) is 6.10 Å². The number of amides is 1. The highest BCUT2D eigenvalue weighted by Gasteiger charge is 2.21. The summed E-state index contributed by atoms with van der Waals surface area (Å²) < 4.78 is 6.17. The van der Waals surface area contributed by atoms with Crippen molar-refractivity contribution in [2.24, 2.45) is 0 Å². The van der Waals surface area contributed by atoms with Crippen LogP contribution in [0.3, 0.4) is 0 Å². The standard InChI is InChI=1S/C25H24N2O2/c1-4-22(25(28)27(2)3)29-23-15-14-19(18-11-5-6-12-20(18)23)21-13-7-9-17-10-8-16-26-24(17)21/h5-16,22H,4H2,1-3H3. The molecule has 0 saturated heterocycles. The van der Waals surface area contributed by atoms with E-state index in [0.717, 1.165) is 38.6 Å². The molecule has 1 heterocycles. The molecule has 0 fully saturated rings. The molecule has 0 aliphatic heterocycles. The quantitative estimate of drug-likeness (QED) is 0.469. The first-order chi connectivity index (χ1) is 14.1. The molecule has 4 heteroatoms. The fraction of sp³-hybridized carbons (Fsp3) is 0.200. The van der Waals surface area contributed by atoms with E-state index in [1.807, 2.05) is 43.5 Å². The van der Waals surface area contributed by atoms with Crippen molar-refractivity contribution in [1.29, 1.82) is 0 Å². The SMILES string of the molecule is CCC(Oc1ccc(-c2cccc3cccnc23)c2ccccc12)C(=O)N(C)C. The maximum Gasteiger partial charge on any atom is 0.263 e. The maximum absolute atomic E-state index is 12.4. The number of fused-ring (bicyclic) bond motifs is 2. The van der Waals surface area contributed by atoms with Crippen LogP contribution in [0.2, 0.25) is 0 Å². The minimum Gasteiger partial charge on any atom is -0.480 e. The highest BCUT2D eigenvalue weighted by Crippen LogP contribution is 2.37. The first-order valence-electron chi connectivity index (χ1n) is 9.84. The molecule has 1 aromatic heterocycles. The first kappa shape index (κ1) is 18.9. The topological polar surface area (TPSA) is 42.4 Å². The second kappa shape index (κ2) is 7.92. The van der Waals surface area contributed by atoms with Crippen molar-refractivity contribution in [3.63, 3.8) is 0 Å². The summed E-state index contributed by atoms with van der Waals surface area (Å²) in [5, 5.41) is 3.18. The van der Waals surface area contributed by atoms with Crippen LogP contribution in [0.25, 0.3) is 32.8 Å². The number of benzene rings is 3. The highest BCUT2D eigenvalue weighted by molar-refractivity contribution is 6.05. The molecular formula is C25H24N2O2. The third kappa shape index (κ3) is 3.54. The van der Waals surface area contributed by atoms with Gasteiger partial charge in [0, 0.05) is 36.6 Å². The number of aromatic nitrogens is 1. The Bertz CT molecular complexity index is 1180. The van der Waals surface area contributed by atoms with Crippen molar-refractivity contribution < 1.29 is 9.53 Å². The van der Waals surface area contributed by atoms with Crippen molar-refractivity contribution in [3.8, 4) is 16.9 Å². The van der Waals surface area contributed by atoms with E-state index in [2.05, 4.69) is 41.4 Å². The Morgan fingerprint density at radius 2 is 1.69 bits per heavy atom. The molecule has 0 saturated carbocycles. The van der Waals surface area contributed by atoms with Gasteiger partial charge in [-0.25, -0.2) is 0 Å². The van der Waals surface area contributed by atoms with Gasteiger partial charge in [0.05, 0.1) is 5.52 Å². The minimum absolute atomic E-state index is 0.0288. The Balaban J connectivity index is 1.85. The van der Waals surface area contributed by atoms with E-state index in [1.54, 1.807) is 19.0 Å². The fourth-order valence-corrected chi connectivity index (χ4v) is 3.68. The lowest BCUT2D eigenvalue weighted by molar-refractivity contribution is -0.136. The number of hydrogen-bond donors (Lipinski definition) is 0. The van der Waals surface area contributed by atoms with E-state index < -0.39 is 6.10 Å². The predicted molar refractivity (Wildman–Crippen MR) is 118 cm³/mol. The molecule has 0 spiro atoms. The molecule has 0 N–H and O–H groups in total. The number of likely N-dealkylation sites (N-methyl/N-ethyl adjacent to an activating group) is 1. The van der Waals surface area contributed by atoms with Gasteiger partial charge in [0.25, 0.3) is 5.91 Å². The summed E-state index contributed by atoms with van der Waals surface area (Å²) in [6, 6.07) is 22.4. The van der Waals surface area contributed by atoms with Crippen LogP contribution in [0.1, 0.15) is 13.3 Å². The second-order valence-corrected chi connectivity index (χ2v) is 7.28. The van der Waals surface area contributed by atoms with E-state index in [0.29, 0.717) is 6.42 Å². The van der Waals surface area contributed by atoms with Gasteiger partial charge in [-0.3, -0.25) is 9.78 Å². The van der Waals surface area contributed by atoms with Crippen LogP contribution >= 0.6 is 0 Å². The van der Waals surface area contributed by atoms with E-state index in [9.17, 15) is 4.79 Å². The van der Waals surface area contributed by atoms with Crippen LogP contribution in [0.15, 0.2) is 72.9 Å². The van der Waals surface area contributed by atoms with Crippen molar-refractivity contribution >= 4 is 27.6 Å². The molecule has 4 rings (SSSR count). The van der Waals surface area contributed by atoms with E-state index in [-0.39, 0.29) is 5.91 Å². The number of ether oxygens (including phenoxy) is 1. The molecular weight excluding hydrogens is 360 g/mol. The lowest BCUT2D eigenvalue weighted by Gasteiger charge is -2.22. The molecule has 0 bridgehead atoms. The zero-order valence-electron chi connectivity index (χ0n) is 16.9. The third-order valence-corrected chi connectivity index (χ3v) is 5.16. The monoisotopic (exact) mass is 384 g/mol. The number of rotatable bonds is 5. The maximum atomic E-state index is 12.4. The largest absolute Gasteiger partial charge is 0.480 e. The van der Waals surface area contributed by atoms with E-state index >= 15 is 0 Å². The van der Waals surface area contributed by atoms with Crippen molar-refractivity contribution in [2.75, 3.05) is 14.1 Å². The Hall–Kier alpha value is -3.40. The van der Waals surface area contributed by atoms with Gasteiger partial charge in [-0.2, -0.15) is 0 Å². The van der Waals surface area contributed by atoms with Gasteiger partial charge in [0.2, 0.25) is 0 Å². The summed E-state index contributed by atoms with van der Waals surface area (Å²) in [4.78, 5) is 18.6. The number of carbonyl (C=O) groups excluding carboxylic acids is 1. The van der Waals surface area contributed by atoms with Crippen LogP contribution in [0.5, 0.6) is 5.75 Å². The van der Waals surface area contributed by atoms with Crippen LogP contribution in [0, 0.1) is 0 Å². The van der Waals surface area contributed by atoms with Gasteiger partial charge in [0.1, 0.15) is 5.75 Å². The molecule has 4 nitrogen and oxygen atoms in total. The Morgan fingerprint density at radius 1 is 0.931 bits per heavy atom. The summed E-state index contributed by atoms with van der Waals surface area (Å²) in [7, 11) is 3.51. The molecule has 0 aliphatic carbocycles. The number of pyridine rings is 1. The lowest BCUT2D eigenvalue weighted by atomic mass is 9.95. The number of para-hydroxylation sites is 1. The van der Waals surface area contributed by atoms with Gasteiger partial charge in [-0.05, 0) is 35.6 Å². The summed E-state index contributed by atoms with van der Waals surface area (Å²) >= 11 is 0. The minimum atomic E-state index is -0.501. The summed E-state index contributed by atoms with van der Waals surface area (Å²) in [6.07, 6.45) is 1.93. The number of nitrogens with zero attached hydrogens (tertiary/aromatic N) is 2. The van der Waals surface area contributed by atoms with Crippen LogP contribution < -0.4 is 4.74 Å². The van der Waals surface area contributed by atoms with Crippen LogP contribution in [0.4, 0.5) is 0 Å².